The SMILES string of the molecule is c1ccc(-c2ccc(-c3nc(-c4ccc(-c5cccc6c5-c5ccccc5C65c6ccccc6Oc6cc7c(cc65)c5c6ccccc6ccc5n7-c5ccc6c(c5)sc5ccccc56)cc4)nc(-n4c5cc6c(cc5c5c7ccccc7ccc54)C4(c5ccccc5O6)c5ccccc5-c5ccccc54)n3)cc2)cc1. The van der Waals surface area contributed by atoms with Gasteiger partial charge in [-0.3, -0.25) is 4.57 Å². The molecule has 0 N–H and O–H groups in total. The van der Waals surface area contributed by atoms with E-state index in [1.165, 1.54) is 86.2 Å². The van der Waals surface area contributed by atoms with E-state index in [1.807, 2.05) is 11.3 Å². The number of rotatable bonds is 6. The summed E-state index contributed by atoms with van der Waals surface area (Å²) in [7, 11) is 0. The molecule has 0 saturated heterocycles. The van der Waals surface area contributed by atoms with Crippen molar-refractivity contribution in [3.8, 4) is 102 Å². The smallest absolute Gasteiger partial charge is 0.238 e. The van der Waals surface area contributed by atoms with Crippen molar-refractivity contribution in [2.45, 2.75) is 10.8 Å². The number of para-hydroxylation sites is 2. The zero-order chi connectivity index (χ0) is 72.4. The molecule has 17 aromatic carbocycles. The van der Waals surface area contributed by atoms with Crippen LogP contribution in [0.2, 0.25) is 0 Å². The van der Waals surface area contributed by atoms with Gasteiger partial charge >= 0.3 is 0 Å². The Morgan fingerprint density at radius 3 is 1.32 bits per heavy atom. The summed E-state index contributed by atoms with van der Waals surface area (Å²) in [6.45, 7) is 0. The van der Waals surface area contributed by atoms with E-state index in [0.29, 0.717) is 17.6 Å². The second-order valence-electron chi connectivity index (χ2n) is 29.9. The Morgan fingerprint density at radius 2 is 0.703 bits per heavy atom. The molecule has 2 aliphatic heterocycles. The molecule has 0 saturated carbocycles. The van der Waals surface area contributed by atoms with Gasteiger partial charge in [-0.2, -0.15) is 9.97 Å². The van der Waals surface area contributed by atoms with Crippen LogP contribution in [0.1, 0.15) is 44.5 Å². The van der Waals surface area contributed by atoms with Crippen LogP contribution in [-0.4, -0.2) is 24.1 Å². The van der Waals surface area contributed by atoms with Crippen molar-refractivity contribution in [3.63, 3.8) is 0 Å². The second-order valence-corrected chi connectivity index (χ2v) is 31.0. The number of aromatic nitrogens is 5. The molecular weight excluding hydrogens is 1370 g/mol. The largest absolute Gasteiger partial charge is 0.457 e. The summed E-state index contributed by atoms with van der Waals surface area (Å²) in [4.78, 5) is 16.8. The fraction of sp³-hybridized carbons (Fsp3) is 0.0194. The number of hydrogen-bond acceptors (Lipinski definition) is 6. The average molecular weight is 1430 g/mol. The maximum atomic E-state index is 7.35. The van der Waals surface area contributed by atoms with Gasteiger partial charge in [-0.1, -0.05) is 291 Å². The van der Waals surface area contributed by atoms with Crippen molar-refractivity contribution in [2.75, 3.05) is 0 Å². The molecule has 4 aromatic heterocycles. The minimum atomic E-state index is -0.768. The van der Waals surface area contributed by atoms with E-state index in [-0.39, 0.29) is 0 Å². The van der Waals surface area contributed by atoms with Crippen molar-refractivity contribution in [2.24, 2.45) is 0 Å². The van der Waals surface area contributed by atoms with E-state index in [2.05, 4.69) is 367 Å². The molecule has 7 nitrogen and oxygen atoms in total. The fourth-order valence-corrected chi connectivity index (χ4v) is 21.1. The van der Waals surface area contributed by atoms with Crippen LogP contribution in [0.3, 0.4) is 0 Å². The first-order chi connectivity index (χ1) is 55.0. The molecule has 111 heavy (non-hydrogen) atoms. The van der Waals surface area contributed by atoms with E-state index < -0.39 is 10.8 Å². The molecule has 25 rings (SSSR count). The lowest BCUT2D eigenvalue weighted by Crippen LogP contribution is -2.32. The molecule has 4 aliphatic rings. The molecule has 8 heteroatoms. The quantitative estimate of drug-likeness (QED) is 0.166. The van der Waals surface area contributed by atoms with Gasteiger partial charge in [0.15, 0.2) is 11.6 Å². The van der Waals surface area contributed by atoms with Crippen molar-refractivity contribution >= 4 is 96.7 Å². The molecule has 514 valence electrons. The molecule has 2 spiro atoms. The summed E-state index contributed by atoms with van der Waals surface area (Å²) >= 11 is 1.85. The molecule has 21 aromatic rings. The number of fused-ring (bicyclic) bond motifs is 31. The highest BCUT2D eigenvalue weighted by atomic mass is 32.1. The molecule has 0 bridgehead atoms. The first kappa shape index (κ1) is 60.8. The molecule has 1 atom stereocenters. The Labute approximate surface area is 641 Å². The highest BCUT2D eigenvalue weighted by Gasteiger charge is 2.54. The highest BCUT2D eigenvalue weighted by Crippen LogP contribution is 2.66. The number of nitrogens with zero attached hydrogens (tertiary/aromatic N) is 5. The molecule has 0 amide bonds. The van der Waals surface area contributed by atoms with Gasteiger partial charge in [0.1, 0.15) is 23.0 Å². The Kier molecular flexibility index (Phi) is 12.4. The van der Waals surface area contributed by atoms with E-state index in [9.17, 15) is 0 Å². The van der Waals surface area contributed by atoms with Crippen molar-refractivity contribution in [3.05, 3.63) is 402 Å². The third-order valence-corrected chi connectivity index (χ3v) is 25.6. The van der Waals surface area contributed by atoms with Crippen molar-refractivity contribution in [1.82, 2.24) is 24.1 Å². The molecule has 6 heterocycles. The lowest BCUT2D eigenvalue weighted by Gasteiger charge is -2.39. The van der Waals surface area contributed by atoms with Crippen LogP contribution in [0, 0.1) is 0 Å². The average Bonchev–Trinajstić information content (AvgIpc) is 1.53. The van der Waals surface area contributed by atoms with Crippen LogP contribution in [-0.2, 0) is 10.8 Å². The highest BCUT2D eigenvalue weighted by molar-refractivity contribution is 7.25. The minimum absolute atomic E-state index is 0.493. The first-order valence-electron chi connectivity index (χ1n) is 37.9. The van der Waals surface area contributed by atoms with Gasteiger partial charge in [0.2, 0.25) is 5.95 Å². The van der Waals surface area contributed by atoms with Gasteiger partial charge in [0, 0.05) is 92.9 Å². The van der Waals surface area contributed by atoms with Crippen LogP contribution in [0.4, 0.5) is 0 Å². The summed E-state index contributed by atoms with van der Waals surface area (Å²) in [5, 5.41) is 11.8. The van der Waals surface area contributed by atoms with Gasteiger partial charge in [-0.15, -0.1) is 11.3 Å². The Hall–Kier alpha value is -14.3. The van der Waals surface area contributed by atoms with E-state index in [4.69, 9.17) is 24.4 Å². The van der Waals surface area contributed by atoms with Crippen LogP contribution in [0.25, 0.3) is 164 Å². The van der Waals surface area contributed by atoms with E-state index in [1.54, 1.807) is 0 Å². The van der Waals surface area contributed by atoms with Gasteiger partial charge < -0.3 is 14.0 Å². The summed E-state index contributed by atoms with van der Waals surface area (Å²) in [6.07, 6.45) is 0. The normalized spacial score (nSPS) is 14.6. The summed E-state index contributed by atoms with van der Waals surface area (Å²) < 4.78 is 21.9. The predicted octanol–water partition coefficient (Wildman–Crippen LogP) is 26.3. The van der Waals surface area contributed by atoms with Crippen molar-refractivity contribution < 1.29 is 9.47 Å². The summed E-state index contributed by atoms with van der Waals surface area (Å²) in [5.74, 6) is 4.87. The lowest BCUT2D eigenvalue weighted by atomic mass is 9.65. The Balaban J connectivity index is 0.679. The molecule has 0 fully saturated rings. The maximum Gasteiger partial charge on any atom is 0.238 e. The summed E-state index contributed by atoms with van der Waals surface area (Å²) in [5.41, 5.74) is 24.1. The summed E-state index contributed by atoms with van der Waals surface area (Å²) in [6, 6.07) is 131. The number of ether oxygens (including phenoxy) is 2. The van der Waals surface area contributed by atoms with Gasteiger partial charge in [0.25, 0.3) is 0 Å². The number of benzene rings is 17. The number of thiophene rings is 1. The maximum absolute atomic E-state index is 7.35. The van der Waals surface area contributed by atoms with Crippen molar-refractivity contribution in [1.29, 1.82) is 0 Å². The topological polar surface area (TPSA) is 67.0 Å². The second kappa shape index (κ2) is 22.6. The molecular formula is C103H59N5O2S. The zero-order valence-corrected chi connectivity index (χ0v) is 60.3. The van der Waals surface area contributed by atoms with Crippen LogP contribution in [0.5, 0.6) is 23.0 Å². The minimum Gasteiger partial charge on any atom is -0.457 e. The van der Waals surface area contributed by atoms with Crippen LogP contribution >= 0.6 is 11.3 Å². The van der Waals surface area contributed by atoms with Gasteiger partial charge in [-0.25, -0.2) is 4.98 Å². The Morgan fingerprint density at radius 1 is 0.252 bits per heavy atom. The predicted molar refractivity (Wildman–Crippen MR) is 453 cm³/mol. The molecule has 1 unspecified atom stereocenters. The molecule has 2 aliphatic carbocycles. The van der Waals surface area contributed by atoms with E-state index in [0.717, 1.165) is 128 Å². The standard InChI is InChI=1S/C103H59N5O2S/c1-2-21-60(22-3-1)61-41-45-65(46-42-61)99-104-100(106-101(105-99)108-87-54-50-63-24-5-7-26-70(63)98(87)77-57-84-93(59-89(77)108)109-90-38-17-15-35-81(90)102(84)78-32-12-8-27-71(78)72-28-9-13-33-79(72)102)66-47-43-64(44-48-66)68-31-20-37-83-96(68)75-30-10-14-34-80(75)103(83)82-36-16-18-39-91(82)110-92-58-88-76(56-85(92)103)97-69-25-6-4-23-62(69)49-53-86(97)107(88)67-51-52-74-73-29-11-19-40-94(73)111-95(74)55-67/h1-59H. The monoisotopic (exact) mass is 1430 g/mol. The van der Waals surface area contributed by atoms with Crippen LogP contribution < -0.4 is 9.47 Å². The third kappa shape index (κ3) is 8.27. The Bertz CT molecular complexity index is 7610. The van der Waals surface area contributed by atoms with Gasteiger partial charge in [-0.05, 0) is 143 Å². The van der Waals surface area contributed by atoms with Crippen LogP contribution in [0.15, 0.2) is 358 Å². The van der Waals surface area contributed by atoms with Gasteiger partial charge in [0.05, 0.1) is 32.9 Å². The fourth-order valence-electron chi connectivity index (χ4n) is 19.9. The third-order valence-electron chi connectivity index (χ3n) is 24.5. The number of hydrogen-bond donors (Lipinski definition) is 0. The molecule has 0 radical (unpaired) electrons. The lowest BCUT2D eigenvalue weighted by molar-refractivity contribution is 0.437. The van der Waals surface area contributed by atoms with E-state index >= 15 is 0 Å². The zero-order valence-electron chi connectivity index (χ0n) is 59.5. The first-order valence-corrected chi connectivity index (χ1v) is 38.8.